The Morgan fingerprint density at radius 3 is 3.06 bits per heavy atom. The van der Waals surface area contributed by atoms with E-state index < -0.39 is 0 Å². The van der Waals surface area contributed by atoms with Gasteiger partial charge in [-0.05, 0) is 19.4 Å². The highest BCUT2D eigenvalue weighted by Crippen LogP contribution is 2.19. The Balaban J connectivity index is 1.98. The summed E-state index contributed by atoms with van der Waals surface area (Å²) in [6, 6.07) is 0.579. The molecule has 1 atom stereocenters. The lowest BCUT2D eigenvalue weighted by molar-refractivity contribution is 0.204. The van der Waals surface area contributed by atoms with Crippen molar-refractivity contribution in [2.24, 2.45) is 0 Å². The van der Waals surface area contributed by atoms with Gasteiger partial charge < -0.3 is 15.0 Å². The van der Waals surface area contributed by atoms with Crippen LogP contribution < -0.4 is 10.2 Å². The zero-order valence-electron chi connectivity index (χ0n) is 11.2. The number of anilines is 1. The van der Waals surface area contributed by atoms with E-state index in [9.17, 15) is 0 Å². The number of nitrogens with one attached hydrogen (secondary N) is 1. The van der Waals surface area contributed by atoms with Gasteiger partial charge in [0.1, 0.15) is 5.82 Å². The monoisotopic (exact) mass is 270 g/mol. The first-order valence-corrected chi connectivity index (χ1v) is 7.40. The number of aryl methyl sites for hydroxylation is 1. The predicted molar refractivity (Wildman–Crippen MR) is 74.4 cm³/mol. The van der Waals surface area contributed by atoms with Crippen molar-refractivity contribution in [2.45, 2.75) is 32.2 Å². The maximum absolute atomic E-state index is 5.19. The first-order valence-electron chi connectivity index (χ1n) is 6.63. The van der Waals surface area contributed by atoms with Crippen LogP contribution >= 0.6 is 11.5 Å². The van der Waals surface area contributed by atoms with Crippen LogP contribution in [0.1, 0.15) is 25.6 Å². The van der Waals surface area contributed by atoms with Crippen molar-refractivity contribution in [2.75, 3.05) is 38.3 Å². The molecule has 1 fully saturated rings. The fraction of sp³-hybridized carbons (Fsp3) is 0.833. The van der Waals surface area contributed by atoms with Crippen LogP contribution in [0.15, 0.2) is 0 Å². The molecule has 1 aliphatic rings. The van der Waals surface area contributed by atoms with Gasteiger partial charge in [-0.15, -0.1) is 0 Å². The molecule has 2 heterocycles. The number of aromatic nitrogens is 2. The molecule has 18 heavy (non-hydrogen) atoms. The summed E-state index contributed by atoms with van der Waals surface area (Å²) in [6.45, 7) is 5.84. The number of hydrogen-bond acceptors (Lipinski definition) is 6. The molecule has 0 bridgehead atoms. The Hall–Kier alpha value is -0.720. The highest BCUT2D eigenvalue weighted by molar-refractivity contribution is 7.09. The molecule has 0 aromatic carbocycles. The minimum absolute atomic E-state index is 0.579. The van der Waals surface area contributed by atoms with E-state index >= 15 is 0 Å². The molecule has 1 N–H and O–H groups in total. The molecule has 5 nitrogen and oxygen atoms in total. The zero-order chi connectivity index (χ0) is 12.8. The van der Waals surface area contributed by atoms with Gasteiger partial charge in [0.05, 0.1) is 6.61 Å². The van der Waals surface area contributed by atoms with Crippen LogP contribution in [0.2, 0.25) is 0 Å². The Kier molecular flexibility index (Phi) is 5.34. The van der Waals surface area contributed by atoms with E-state index in [1.165, 1.54) is 24.4 Å². The Bertz CT molecular complexity index is 352. The second kappa shape index (κ2) is 7.01. The van der Waals surface area contributed by atoms with Crippen LogP contribution in [0.25, 0.3) is 0 Å². The van der Waals surface area contributed by atoms with E-state index in [-0.39, 0.29) is 0 Å². The van der Waals surface area contributed by atoms with Crippen molar-refractivity contribution in [3.05, 3.63) is 5.82 Å². The second-order valence-corrected chi connectivity index (χ2v) is 5.31. The first kappa shape index (κ1) is 13.7. The topological polar surface area (TPSA) is 50.3 Å². The summed E-state index contributed by atoms with van der Waals surface area (Å²) in [5, 5.41) is 4.55. The Morgan fingerprint density at radius 2 is 2.44 bits per heavy atom. The molecule has 1 unspecified atom stereocenters. The van der Waals surface area contributed by atoms with Gasteiger partial charge in [0.15, 0.2) is 0 Å². The van der Waals surface area contributed by atoms with Gasteiger partial charge in [0, 0.05) is 44.2 Å². The summed E-state index contributed by atoms with van der Waals surface area (Å²) in [6.07, 6.45) is 3.43. The minimum Gasteiger partial charge on any atom is -0.383 e. The van der Waals surface area contributed by atoms with Gasteiger partial charge >= 0.3 is 0 Å². The van der Waals surface area contributed by atoms with Crippen molar-refractivity contribution in [3.63, 3.8) is 0 Å². The summed E-state index contributed by atoms with van der Waals surface area (Å²) in [5.41, 5.74) is 0. The lowest BCUT2D eigenvalue weighted by Gasteiger charge is -2.24. The molecule has 1 aromatic rings. The van der Waals surface area contributed by atoms with Crippen LogP contribution in [0.4, 0.5) is 5.13 Å². The smallest absolute Gasteiger partial charge is 0.205 e. The van der Waals surface area contributed by atoms with E-state index in [1.807, 2.05) is 0 Å². The third-order valence-corrected chi connectivity index (χ3v) is 4.03. The van der Waals surface area contributed by atoms with E-state index in [1.54, 1.807) is 7.11 Å². The number of ether oxygens (including phenoxy) is 1. The quantitative estimate of drug-likeness (QED) is 0.809. The van der Waals surface area contributed by atoms with Crippen molar-refractivity contribution >= 4 is 16.7 Å². The average molecular weight is 270 g/mol. The molecule has 0 spiro atoms. The van der Waals surface area contributed by atoms with Crippen LogP contribution in [-0.2, 0) is 11.2 Å². The van der Waals surface area contributed by atoms with E-state index in [2.05, 4.69) is 26.5 Å². The van der Waals surface area contributed by atoms with Gasteiger partial charge in [-0.3, -0.25) is 0 Å². The lowest BCUT2D eigenvalue weighted by atomic mass is 10.2. The molecule has 0 radical (unpaired) electrons. The third kappa shape index (κ3) is 3.63. The van der Waals surface area contributed by atoms with Crippen LogP contribution in [0.5, 0.6) is 0 Å². The highest BCUT2D eigenvalue weighted by atomic mass is 32.1. The molecule has 2 rings (SSSR count). The standard InChI is InChI=1S/C12H22N4OS/c1-3-11-14-12(18-15-11)16(7-8-17-2)9-10-5-4-6-13-10/h10,13H,3-9H2,1-2H3. The Labute approximate surface area is 113 Å². The number of nitrogens with zero attached hydrogens (tertiary/aromatic N) is 3. The maximum atomic E-state index is 5.19. The molecule has 1 saturated heterocycles. The molecular weight excluding hydrogens is 248 g/mol. The fourth-order valence-electron chi connectivity index (χ4n) is 2.16. The van der Waals surface area contributed by atoms with Crippen molar-refractivity contribution < 1.29 is 4.74 Å². The lowest BCUT2D eigenvalue weighted by Crippen LogP contribution is -2.39. The zero-order valence-corrected chi connectivity index (χ0v) is 12.0. The highest BCUT2D eigenvalue weighted by Gasteiger charge is 2.20. The van der Waals surface area contributed by atoms with E-state index in [4.69, 9.17) is 4.74 Å². The molecule has 102 valence electrons. The maximum Gasteiger partial charge on any atom is 0.205 e. The molecule has 0 saturated carbocycles. The van der Waals surface area contributed by atoms with Crippen molar-refractivity contribution in [1.29, 1.82) is 0 Å². The average Bonchev–Trinajstić information content (AvgIpc) is 3.05. The summed E-state index contributed by atoms with van der Waals surface area (Å²) < 4.78 is 9.55. The summed E-state index contributed by atoms with van der Waals surface area (Å²) in [5.74, 6) is 0.941. The SMILES string of the molecule is CCc1nsc(N(CCOC)CC2CCCN2)n1. The summed E-state index contributed by atoms with van der Waals surface area (Å²) in [4.78, 5) is 6.87. The molecule has 1 aromatic heterocycles. The fourth-order valence-corrected chi connectivity index (χ4v) is 2.95. The van der Waals surface area contributed by atoms with Gasteiger partial charge in [-0.2, -0.15) is 4.37 Å². The van der Waals surface area contributed by atoms with Crippen molar-refractivity contribution in [1.82, 2.24) is 14.7 Å². The molecule has 0 aliphatic carbocycles. The number of rotatable bonds is 7. The summed E-state index contributed by atoms with van der Waals surface area (Å²) in [7, 11) is 1.74. The summed E-state index contributed by atoms with van der Waals surface area (Å²) >= 11 is 1.50. The third-order valence-electron chi connectivity index (χ3n) is 3.21. The van der Waals surface area contributed by atoms with Gasteiger partial charge in [-0.1, -0.05) is 6.92 Å². The molecular formula is C12H22N4OS. The van der Waals surface area contributed by atoms with E-state index in [0.29, 0.717) is 6.04 Å². The van der Waals surface area contributed by atoms with Crippen LogP contribution in [-0.4, -0.2) is 48.8 Å². The normalized spacial score (nSPS) is 19.3. The number of hydrogen-bond donors (Lipinski definition) is 1. The van der Waals surface area contributed by atoms with Crippen LogP contribution in [0.3, 0.4) is 0 Å². The first-order chi connectivity index (χ1) is 8.83. The number of methoxy groups -OCH3 is 1. The molecule has 6 heteroatoms. The Morgan fingerprint density at radius 1 is 1.56 bits per heavy atom. The molecule has 0 amide bonds. The van der Waals surface area contributed by atoms with Gasteiger partial charge in [0.25, 0.3) is 0 Å². The van der Waals surface area contributed by atoms with Gasteiger partial charge in [-0.25, -0.2) is 4.98 Å². The molecule has 1 aliphatic heterocycles. The van der Waals surface area contributed by atoms with Crippen LogP contribution in [0, 0.1) is 0 Å². The minimum atomic E-state index is 0.579. The van der Waals surface area contributed by atoms with Crippen molar-refractivity contribution in [3.8, 4) is 0 Å². The van der Waals surface area contributed by atoms with Gasteiger partial charge in [0.2, 0.25) is 5.13 Å². The second-order valence-electron chi connectivity index (χ2n) is 4.58. The predicted octanol–water partition coefficient (Wildman–Crippen LogP) is 1.31. The largest absolute Gasteiger partial charge is 0.383 e. The van der Waals surface area contributed by atoms with E-state index in [0.717, 1.165) is 43.6 Å².